The Morgan fingerprint density at radius 3 is 2.90 bits per heavy atom. The van der Waals surface area contributed by atoms with Crippen molar-refractivity contribution in [1.82, 2.24) is 25.4 Å². The number of hydrogen-bond donors (Lipinski definition) is 1. The smallest absolute Gasteiger partial charge is 0.228 e. The lowest BCUT2D eigenvalue weighted by Crippen LogP contribution is -2.30. The van der Waals surface area contributed by atoms with E-state index in [1.165, 1.54) is 6.33 Å². The predicted octanol–water partition coefficient (Wildman–Crippen LogP) is 1.47. The van der Waals surface area contributed by atoms with Gasteiger partial charge in [0.2, 0.25) is 17.6 Å². The lowest BCUT2D eigenvalue weighted by atomic mass is 10.1. The predicted molar refractivity (Wildman–Crippen MR) is 73.3 cm³/mol. The van der Waals surface area contributed by atoms with E-state index in [4.69, 9.17) is 9.26 Å². The molecule has 2 heterocycles. The average molecular weight is 277 g/mol. The Kier molecular flexibility index (Phi) is 5.00. The van der Waals surface area contributed by atoms with Crippen LogP contribution in [0.4, 0.5) is 0 Å². The highest BCUT2D eigenvalue weighted by Crippen LogP contribution is 2.17. The van der Waals surface area contributed by atoms with Crippen molar-refractivity contribution in [2.24, 2.45) is 0 Å². The summed E-state index contributed by atoms with van der Waals surface area (Å²) < 4.78 is 10.3. The normalized spacial score (nSPS) is 12.3. The van der Waals surface area contributed by atoms with Crippen molar-refractivity contribution in [3.63, 3.8) is 0 Å². The molecule has 7 nitrogen and oxygen atoms in total. The highest BCUT2D eigenvalue weighted by atomic mass is 16.5. The van der Waals surface area contributed by atoms with Crippen LogP contribution in [0.5, 0.6) is 5.88 Å². The number of nitrogens with one attached hydrogen (secondary N) is 1. The molecule has 0 saturated heterocycles. The minimum absolute atomic E-state index is 0.341. The first-order chi connectivity index (χ1) is 9.76. The van der Waals surface area contributed by atoms with Gasteiger partial charge in [0.15, 0.2) is 0 Å². The molecule has 0 aromatic carbocycles. The number of nitrogens with zero attached hydrogens (tertiary/aromatic N) is 4. The minimum Gasteiger partial charge on any atom is -0.481 e. The summed E-state index contributed by atoms with van der Waals surface area (Å²) >= 11 is 0. The van der Waals surface area contributed by atoms with Crippen molar-refractivity contribution >= 4 is 0 Å². The number of methoxy groups -OCH3 is 1. The van der Waals surface area contributed by atoms with E-state index in [-0.39, 0.29) is 0 Å². The van der Waals surface area contributed by atoms with Gasteiger partial charge in [-0.05, 0) is 13.0 Å². The second kappa shape index (κ2) is 6.95. The molecule has 2 aromatic rings. The van der Waals surface area contributed by atoms with Crippen LogP contribution in [0.15, 0.2) is 16.9 Å². The average Bonchev–Trinajstić information content (AvgIpc) is 2.95. The van der Waals surface area contributed by atoms with E-state index < -0.39 is 0 Å². The molecule has 0 aliphatic carbocycles. The Balaban J connectivity index is 2.11. The molecule has 20 heavy (non-hydrogen) atoms. The fraction of sp³-hybridized carbons (Fsp3) is 0.538. The number of ether oxygens (including phenoxy) is 1. The standard InChI is InChI=1S/C13H19N5O2/c1-4-9(14-5-2)6-12-17-13(18-20-12)10-7-11(19-3)16-8-15-10/h7-9,14H,4-6H2,1-3H3. The Bertz CT molecular complexity index is 543. The third-order valence-electron chi connectivity index (χ3n) is 2.95. The summed E-state index contributed by atoms with van der Waals surface area (Å²) in [5.74, 6) is 1.53. The summed E-state index contributed by atoms with van der Waals surface area (Å²) in [7, 11) is 1.55. The zero-order valence-corrected chi connectivity index (χ0v) is 12.0. The molecule has 1 N–H and O–H groups in total. The maximum Gasteiger partial charge on any atom is 0.228 e. The molecule has 0 amide bonds. The highest BCUT2D eigenvalue weighted by molar-refractivity contribution is 5.49. The van der Waals surface area contributed by atoms with Crippen molar-refractivity contribution in [1.29, 1.82) is 0 Å². The van der Waals surface area contributed by atoms with Crippen molar-refractivity contribution in [2.45, 2.75) is 32.7 Å². The fourth-order valence-corrected chi connectivity index (χ4v) is 1.88. The van der Waals surface area contributed by atoms with E-state index in [1.54, 1.807) is 13.2 Å². The second-order valence-electron chi connectivity index (χ2n) is 4.32. The first-order valence-corrected chi connectivity index (χ1v) is 6.69. The molecule has 0 radical (unpaired) electrons. The molecule has 0 bridgehead atoms. The first kappa shape index (κ1) is 14.4. The van der Waals surface area contributed by atoms with E-state index in [0.29, 0.717) is 35.8 Å². The second-order valence-corrected chi connectivity index (χ2v) is 4.32. The molecule has 1 atom stereocenters. The first-order valence-electron chi connectivity index (χ1n) is 6.69. The summed E-state index contributed by atoms with van der Waals surface area (Å²) in [6.45, 7) is 5.12. The third kappa shape index (κ3) is 3.51. The zero-order valence-electron chi connectivity index (χ0n) is 12.0. The van der Waals surface area contributed by atoms with E-state index in [0.717, 1.165) is 13.0 Å². The summed E-state index contributed by atoms with van der Waals surface area (Å²) in [4.78, 5) is 12.4. The summed E-state index contributed by atoms with van der Waals surface area (Å²) in [6, 6.07) is 2.02. The lowest BCUT2D eigenvalue weighted by Gasteiger charge is -2.12. The molecule has 2 aromatic heterocycles. The quantitative estimate of drug-likeness (QED) is 0.820. The van der Waals surface area contributed by atoms with Crippen molar-refractivity contribution < 1.29 is 9.26 Å². The Labute approximate surface area is 117 Å². The molecule has 0 aliphatic rings. The van der Waals surface area contributed by atoms with Gasteiger partial charge in [-0.15, -0.1) is 0 Å². The topological polar surface area (TPSA) is 86.0 Å². The highest BCUT2D eigenvalue weighted by Gasteiger charge is 2.14. The van der Waals surface area contributed by atoms with E-state index in [1.807, 2.05) is 0 Å². The number of hydrogen-bond acceptors (Lipinski definition) is 7. The maximum absolute atomic E-state index is 5.27. The maximum atomic E-state index is 5.27. The zero-order chi connectivity index (χ0) is 14.4. The van der Waals surface area contributed by atoms with Crippen LogP contribution in [0.2, 0.25) is 0 Å². The largest absolute Gasteiger partial charge is 0.481 e. The Morgan fingerprint density at radius 2 is 2.20 bits per heavy atom. The van der Waals surface area contributed by atoms with Crippen LogP contribution >= 0.6 is 0 Å². The summed E-state index contributed by atoms with van der Waals surface area (Å²) in [5.41, 5.74) is 0.586. The molecule has 0 saturated carbocycles. The van der Waals surface area contributed by atoms with Gasteiger partial charge in [0.1, 0.15) is 12.0 Å². The van der Waals surface area contributed by atoms with Crippen LogP contribution in [0.1, 0.15) is 26.2 Å². The monoisotopic (exact) mass is 277 g/mol. The number of rotatable bonds is 7. The van der Waals surface area contributed by atoms with E-state index >= 15 is 0 Å². The van der Waals surface area contributed by atoms with Crippen LogP contribution < -0.4 is 10.1 Å². The molecular weight excluding hydrogens is 258 g/mol. The van der Waals surface area contributed by atoms with Gasteiger partial charge in [-0.1, -0.05) is 19.0 Å². The molecular formula is C13H19N5O2. The number of aromatic nitrogens is 4. The minimum atomic E-state index is 0.341. The molecule has 0 spiro atoms. The molecule has 0 aliphatic heterocycles. The number of likely N-dealkylation sites (N-methyl/N-ethyl adjacent to an activating group) is 1. The van der Waals surface area contributed by atoms with E-state index in [2.05, 4.69) is 39.3 Å². The van der Waals surface area contributed by atoms with E-state index in [9.17, 15) is 0 Å². The van der Waals surface area contributed by atoms with Gasteiger partial charge in [-0.25, -0.2) is 9.97 Å². The lowest BCUT2D eigenvalue weighted by molar-refractivity contribution is 0.355. The van der Waals surface area contributed by atoms with Crippen LogP contribution in [0.25, 0.3) is 11.5 Å². The van der Waals surface area contributed by atoms with Gasteiger partial charge >= 0.3 is 0 Å². The summed E-state index contributed by atoms with van der Waals surface area (Å²) in [5, 5.41) is 7.32. The van der Waals surface area contributed by atoms with Crippen molar-refractivity contribution in [3.8, 4) is 17.4 Å². The van der Waals surface area contributed by atoms with Gasteiger partial charge < -0.3 is 14.6 Å². The molecule has 0 fully saturated rings. The van der Waals surface area contributed by atoms with Gasteiger partial charge in [0.25, 0.3) is 0 Å². The summed E-state index contributed by atoms with van der Waals surface area (Å²) in [6.07, 6.45) is 3.13. The Hall–Kier alpha value is -2.02. The molecule has 1 unspecified atom stereocenters. The molecule has 108 valence electrons. The van der Waals surface area contributed by atoms with Crippen molar-refractivity contribution in [3.05, 3.63) is 18.3 Å². The van der Waals surface area contributed by atoms with Crippen LogP contribution in [0.3, 0.4) is 0 Å². The van der Waals surface area contributed by atoms with Gasteiger partial charge in [0.05, 0.1) is 7.11 Å². The van der Waals surface area contributed by atoms with Crippen LogP contribution in [-0.2, 0) is 6.42 Å². The van der Waals surface area contributed by atoms with Gasteiger partial charge in [-0.2, -0.15) is 4.98 Å². The van der Waals surface area contributed by atoms with Gasteiger partial charge in [-0.3, -0.25) is 0 Å². The fourth-order valence-electron chi connectivity index (χ4n) is 1.88. The third-order valence-corrected chi connectivity index (χ3v) is 2.95. The molecule has 2 rings (SSSR count). The van der Waals surface area contributed by atoms with Crippen LogP contribution in [0, 0.1) is 0 Å². The van der Waals surface area contributed by atoms with Crippen LogP contribution in [-0.4, -0.2) is 39.8 Å². The molecule has 7 heteroatoms. The van der Waals surface area contributed by atoms with Crippen molar-refractivity contribution in [2.75, 3.05) is 13.7 Å². The Morgan fingerprint density at radius 1 is 1.35 bits per heavy atom. The van der Waals surface area contributed by atoms with Gasteiger partial charge in [0, 0.05) is 18.5 Å². The SMILES string of the molecule is CCNC(CC)Cc1nc(-c2cc(OC)ncn2)no1.